The molecule has 29 heavy (non-hydrogen) atoms. The number of rotatable bonds is 7. The largest absolute Gasteiger partial charge is 0.404 e. The molecule has 2 rings (SSSR count). The maximum atomic E-state index is 13.0. The number of carbonyl (C=O) groups is 1. The molecule has 0 aromatic carbocycles. The number of carbonyl (C=O) groups excluding carboxylic acids is 1. The molecule has 0 aliphatic heterocycles. The number of hydrogen-bond donors (Lipinski definition) is 2. The molecule has 0 saturated carbocycles. The van der Waals surface area contributed by atoms with Crippen LogP contribution in [0, 0.1) is 0 Å². The molecule has 0 fully saturated rings. The van der Waals surface area contributed by atoms with E-state index in [1.165, 1.54) is 7.05 Å². The Bertz CT molecular complexity index is 1020. The summed E-state index contributed by atoms with van der Waals surface area (Å²) in [5.74, 6) is -1.10. The number of aryl methyl sites for hydroxylation is 1. The molecule has 2 heterocycles. The van der Waals surface area contributed by atoms with Crippen molar-refractivity contribution in [2.45, 2.75) is 36.9 Å². The molecule has 0 bridgehead atoms. The summed E-state index contributed by atoms with van der Waals surface area (Å²) in [7, 11) is -3.56. The van der Waals surface area contributed by atoms with Crippen LogP contribution in [0.3, 0.4) is 0 Å². The second-order valence-corrected chi connectivity index (χ2v) is 7.77. The number of pyridine rings is 1. The van der Waals surface area contributed by atoms with Gasteiger partial charge in [-0.2, -0.15) is 17.9 Å². The number of aromatic nitrogens is 2. The summed E-state index contributed by atoms with van der Waals surface area (Å²) < 4.78 is 93.1. The molecule has 160 valence electrons. The molecular weight excluding hydrogens is 423 g/mol. The first-order chi connectivity index (χ1) is 13.3. The van der Waals surface area contributed by atoms with Crippen LogP contribution in [0.4, 0.5) is 22.0 Å². The number of hydrogen-bond acceptors (Lipinski definition) is 4. The van der Waals surface area contributed by atoms with Gasteiger partial charge < -0.3 is 10.3 Å². The zero-order chi connectivity index (χ0) is 22.1. The van der Waals surface area contributed by atoms with Crippen molar-refractivity contribution in [3.8, 4) is 11.1 Å². The number of alkyl halides is 5. The predicted molar refractivity (Wildman–Crippen MR) is 92.6 cm³/mol. The minimum Gasteiger partial charge on any atom is -0.364 e. The van der Waals surface area contributed by atoms with E-state index in [4.69, 9.17) is 5.73 Å². The van der Waals surface area contributed by atoms with Gasteiger partial charge in [0.25, 0.3) is 12.3 Å². The van der Waals surface area contributed by atoms with Gasteiger partial charge >= 0.3 is 6.18 Å². The van der Waals surface area contributed by atoms with Gasteiger partial charge in [-0.15, -0.1) is 0 Å². The van der Waals surface area contributed by atoms with Crippen LogP contribution in [0.1, 0.15) is 36.0 Å². The molecule has 7 nitrogen and oxygen atoms in total. The van der Waals surface area contributed by atoms with Gasteiger partial charge in [0.1, 0.15) is 22.3 Å². The Labute approximate surface area is 162 Å². The van der Waals surface area contributed by atoms with E-state index in [1.54, 1.807) is 4.72 Å². The van der Waals surface area contributed by atoms with Crippen LogP contribution in [0.2, 0.25) is 0 Å². The molecule has 1 amide bonds. The lowest BCUT2D eigenvalue weighted by atomic mass is 10.1. The van der Waals surface area contributed by atoms with Crippen molar-refractivity contribution >= 4 is 15.9 Å². The highest BCUT2D eigenvalue weighted by Gasteiger charge is 2.42. The van der Waals surface area contributed by atoms with Crippen molar-refractivity contribution < 1.29 is 35.2 Å². The summed E-state index contributed by atoms with van der Waals surface area (Å²) in [6.45, 7) is 1.14. The SMILES string of the molecule is CC[C@@H](NS(=O)(=O)c1cn(C)c(C(N)=O)c1-c1ccnc(C(F)F)c1)C(F)(F)F. The second kappa shape index (κ2) is 8.06. The number of halogens is 5. The average molecular weight is 440 g/mol. The van der Waals surface area contributed by atoms with Crippen LogP contribution in [0.15, 0.2) is 29.4 Å². The third kappa shape index (κ3) is 4.72. The van der Waals surface area contributed by atoms with E-state index >= 15 is 0 Å². The Hall–Kier alpha value is -2.54. The fourth-order valence-corrected chi connectivity index (χ4v) is 4.32. The lowest BCUT2D eigenvalue weighted by Gasteiger charge is -2.20. The third-order valence-corrected chi connectivity index (χ3v) is 5.55. The lowest BCUT2D eigenvalue weighted by Crippen LogP contribution is -2.44. The molecule has 0 aliphatic rings. The molecule has 0 saturated heterocycles. The van der Waals surface area contributed by atoms with E-state index in [2.05, 4.69) is 4.98 Å². The van der Waals surface area contributed by atoms with Crippen LogP contribution >= 0.6 is 0 Å². The molecule has 0 radical (unpaired) electrons. The molecule has 0 unspecified atom stereocenters. The third-order valence-electron chi connectivity index (χ3n) is 4.06. The normalized spacial score (nSPS) is 13.7. The smallest absolute Gasteiger partial charge is 0.364 e. The van der Waals surface area contributed by atoms with Crippen molar-refractivity contribution in [3.63, 3.8) is 0 Å². The minimum atomic E-state index is -4.86. The fraction of sp³-hybridized carbons (Fsp3) is 0.375. The standard InChI is InChI=1S/C16H17F5N4O3S/c1-3-11(16(19,20)21)24-29(27,28)10-7-25(2)13(15(22)26)12(10)8-4-5-23-9(6-8)14(17)18/h4-7,11,14,24H,3H2,1-2H3,(H2,22,26)/t11-/m1/s1. The first-order valence-corrected chi connectivity index (χ1v) is 9.60. The van der Waals surface area contributed by atoms with E-state index in [0.717, 1.165) is 36.0 Å². The number of nitrogens with one attached hydrogen (secondary N) is 1. The number of nitrogens with zero attached hydrogens (tertiary/aromatic N) is 2. The number of amides is 1. The van der Waals surface area contributed by atoms with Gasteiger partial charge in [-0.3, -0.25) is 9.78 Å². The van der Waals surface area contributed by atoms with Crippen molar-refractivity contribution in [2.24, 2.45) is 12.8 Å². The van der Waals surface area contributed by atoms with Gasteiger partial charge in [0.05, 0.1) is 0 Å². The van der Waals surface area contributed by atoms with Crippen molar-refractivity contribution in [2.75, 3.05) is 0 Å². The highest BCUT2D eigenvalue weighted by molar-refractivity contribution is 7.89. The lowest BCUT2D eigenvalue weighted by molar-refractivity contribution is -0.151. The number of sulfonamides is 1. The first kappa shape index (κ1) is 22.7. The summed E-state index contributed by atoms with van der Waals surface area (Å²) in [6.07, 6.45) is -6.59. The van der Waals surface area contributed by atoms with Gasteiger partial charge in [-0.1, -0.05) is 6.92 Å². The summed E-state index contributed by atoms with van der Waals surface area (Å²) in [5.41, 5.74) is 3.64. The quantitative estimate of drug-likeness (QED) is 0.646. The molecule has 0 spiro atoms. The molecule has 3 N–H and O–H groups in total. The van der Waals surface area contributed by atoms with Gasteiger partial charge in [0.2, 0.25) is 10.0 Å². The van der Waals surface area contributed by atoms with E-state index in [0.29, 0.717) is 0 Å². The number of primary amides is 1. The highest BCUT2D eigenvalue weighted by atomic mass is 32.2. The van der Waals surface area contributed by atoms with E-state index in [1.807, 2.05) is 0 Å². The first-order valence-electron chi connectivity index (χ1n) is 8.12. The summed E-state index contributed by atoms with van der Waals surface area (Å²) >= 11 is 0. The summed E-state index contributed by atoms with van der Waals surface area (Å²) in [4.78, 5) is 14.6. The van der Waals surface area contributed by atoms with Gasteiger partial charge in [0, 0.05) is 25.0 Å². The monoisotopic (exact) mass is 440 g/mol. The van der Waals surface area contributed by atoms with Crippen molar-refractivity contribution in [3.05, 3.63) is 35.9 Å². The zero-order valence-corrected chi connectivity index (χ0v) is 16.0. The van der Waals surface area contributed by atoms with Gasteiger partial charge in [-0.25, -0.2) is 17.2 Å². The van der Waals surface area contributed by atoms with Crippen LogP contribution < -0.4 is 10.5 Å². The van der Waals surface area contributed by atoms with Crippen LogP contribution in [-0.4, -0.2) is 36.1 Å². The Kier molecular flexibility index (Phi) is 6.33. The second-order valence-electron chi connectivity index (χ2n) is 6.09. The summed E-state index contributed by atoms with van der Waals surface area (Å²) in [6, 6.07) is -0.396. The van der Waals surface area contributed by atoms with Gasteiger partial charge in [-0.05, 0) is 24.1 Å². The average Bonchev–Trinajstić information content (AvgIpc) is 2.97. The maximum Gasteiger partial charge on any atom is 0.404 e. The van der Waals surface area contributed by atoms with Crippen LogP contribution in [-0.2, 0) is 17.1 Å². The zero-order valence-electron chi connectivity index (χ0n) is 15.2. The number of nitrogens with two attached hydrogens (primary N) is 1. The molecule has 2 aromatic heterocycles. The Balaban J connectivity index is 2.72. The molecule has 13 heteroatoms. The van der Waals surface area contributed by atoms with Crippen LogP contribution in [0.5, 0.6) is 0 Å². The van der Waals surface area contributed by atoms with Crippen LogP contribution in [0.25, 0.3) is 11.1 Å². The molecule has 1 atom stereocenters. The van der Waals surface area contributed by atoms with E-state index < -0.39 is 57.1 Å². The summed E-state index contributed by atoms with van der Waals surface area (Å²) in [5, 5.41) is 0. The van der Waals surface area contributed by atoms with Gasteiger partial charge in [0.15, 0.2) is 0 Å². The topological polar surface area (TPSA) is 107 Å². The minimum absolute atomic E-state index is 0.162. The maximum absolute atomic E-state index is 13.0. The van der Waals surface area contributed by atoms with Crippen molar-refractivity contribution in [1.82, 2.24) is 14.3 Å². The Morgan fingerprint density at radius 1 is 1.34 bits per heavy atom. The van der Waals surface area contributed by atoms with E-state index in [9.17, 15) is 35.2 Å². The fourth-order valence-electron chi connectivity index (χ4n) is 2.73. The molecule has 2 aromatic rings. The van der Waals surface area contributed by atoms with Crippen molar-refractivity contribution in [1.29, 1.82) is 0 Å². The Morgan fingerprint density at radius 3 is 2.45 bits per heavy atom. The molecular formula is C16H17F5N4O3S. The molecule has 0 aliphatic carbocycles. The highest BCUT2D eigenvalue weighted by Crippen LogP contribution is 2.34. The Morgan fingerprint density at radius 2 is 1.97 bits per heavy atom. The predicted octanol–water partition coefficient (Wildman–Crippen LogP) is 2.74. The van der Waals surface area contributed by atoms with E-state index in [-0.39, 0.29) is 11.3 Å².